The highest BCUT2D eigenvalue weighted by Gasteiger charge is 2.22. The van der Waals surface area contributed by atoms with Crippen molar-refractivity contribution in [1.82, 2.24) is 0 Å². The summed E-state index contributed by atoms with van der Waals surface area (Å²) in [5, 5.41) is 0.607. The van der Waals surface area contributed by atoms with E-state index in [1.165, 1.54) is 5.56 Å². The summed E-state index contributed by atoms with van der Waals surface area (Å²) in [7, 11) is 1.57. The van der Waals surface area contributed by atoms with E-state index in [9.17, 15) is 4.79 Å². The number of rotatable bonds is 6. The fraction of sp³-hybridized carbons (Fsp3) is 0.316. The maximum absolute atomic E-state index is 12.4. The fourth-order valence-corrected chi connectivity index (χ4v) is 5.39. The maximum Gasteiger partial charge on any atom is 0.352 e. The van der Waals surface area contributed by atoms with Gasteiger partial charge in [0, 0.05) is 16.5 Å². The quantitative estimate of drug-likeness (QED) is 0.481. The van der Waals surface area contributed by atoms with Crippen LogP contribution in [0.1, 0.15) is 17.1 Å². The van der Waals surface area contributed by atoms with Crippen LogP contribution < -0.4 is 14.2 Å². The minimum atomic E-state index is -0.762. The van der Waals surface area contributed by atoms with E-state index in [1.54, 1.807) is 44.4 Å². The molecule has 0 bridgehead atoms. The van der Waals surface area contributed by atoms with Crippen LogP contribution in [-0.4, -0.2) is 30.7 Å². The van der Waals surface area contributed by atoms with E-state index >= 15 is 0 Å². The lowest BCUT2D eigenvalue weighted by Crippen LogP contribution is -2.28. The molecule has 2 aromatic carbocycles. The predicted molar refractivity (Wildman–Crippen MR) is 108 cm³/mol. The summed E-state index contributed by atoms with van der Waals surface area (Å²) in [4.78, 5) is 12.4. The lowest BCUT2D eigenvalue weighted by atomic mass is 10.2. The number of esters is 1. The van der Waals surface area contributed by atoms with Gasteiger partial charge in [0.2, 0.25) is 0 Å². The highest BCUT2D eigenvalue weighted by molar-refractivity contribution is 8.19. The number of carbonyl (C=O) groups is 1. The van der Waals surface area contributed by atoms with E-state index in [2.05, 4.69) is 0 Å². The van der Waals surface area contributed by atoms with E-state index in [1.807, 2.05) is 35.7 Å². The number of hydrogen-bond acceptors (Lipinski definition) is 6. The Kier molecular flexibility index (Phi) is 6.62. The second-order valence-corrected chi connectivity index (χ2v) is 8.78. The third-order valence-electron chi connectivity index (χ3n) is 3.75. The van der Waals surface area contributed by atoms with Crippen molar-refractivity contribution in [2.45, 2.75) is 17.6 Å². The van der Waals surface area contributed by atoms with Crippen molar-refractivity contribution in [1.29, 1.82) is 0 Å². The Morgan fingerprint density at radius 1 is 1.12 bits per heavy atom. The highest BCUT2D eigenvalue weighted by Crippen LogP contribution is 2.46. The van der Waals surface area contributed by atoms with Crippen LogP contribution in [0.5, 0.6) is 17.2 Å². The molecule has 7 heteroatoms. The molecule has 1 atom stereocenters. The number of benzene rings is 2. The minimum absolute atomic E-state index is 0.390. The van der Waals surface area contributed by atoms with Crippen molar-refractivity contribution in [2.75, 3.05) is 18.6 Å². The van der Waals surface area contributed by atoms with E-state index in [0.717, 1.165) is 11.5 Å². The molecule has 0 radical (unpaired) electrons. The van der Waals surface area contributed by atoms with E-state index < -0.39 is 12.1 Å². The number of methoxy groups -OCH3 is 1. The molecule has 0 amide bonds. The zero-order valence-electron chi connectivity index (χ0n) is 14.4. The second-order valence-electron chi connectivity index (χ2n) is 5.62. The average molecular weight is 411 g/mol. The van der Waals surface area contributed by atoms with Gasteiger partial charge in [-0.05, 0) is 48.9 Å². The molecule has 4 nitrogen and oxygen atoms in total. The zero-order chi connectivity index (χ0) is 18.5. The first-order chi connectivity index (χ1) is 12.6. The Bertz CT molecular complexity index is 761. The molecular weight excluding hydrogens is 392 g/mol. The second kappa shape index (κ2) is 8.93. The van der Waals surface area contributed by atoms with Gasteiger partial charge in [-0.2, -0.15) is 0 Å². The van der Waals surface area contributed by atoms with Crippen LogP contribution in [0.2, 0.25) is 5.02 Å². The molecule has 1 heterocycles. The number of carbonyl (C=O) groups excluding carboxylic acids is 1. The van der Waals surface area contributed by atoms with Gasteiger partial charge >= 0.3 is 5.97 Å². The molecule has 1 aliphatic heterocycles. The largest absolute Gasteiger partial charge is 0.493 e. The molecule has 138 valence electrons. The third-order valence-corrected chi connectivity index (χ3v) is 7.11. The van der Waals surface area contributed by atoms with Crippen molar-refractivity contribution in [3.05, 3.63) is 53.1 Å². The van der Waals surface area contributed by atoms with Crippen molar-refractivity contribution in [2.24, 2.45) is 0 Å². The van der Waals surface area contributed by atoms with Crippen molar-refractivity contribution >= 4 is 41.1 Å². The molecule has 2 aromatic rings. The summed E-state index contributed by atoms with van der Waals surface area (Å²) in [6.07, 6.45) is -0.762. The minimum Gasteiger partial charge on any atom is -0.493 e. The standard InChI is InChI=1S/C19H19ClO4S2/c1-12(23-15-6-4-14(20)5-7-15)18(21)24-16-8-3-13(11-17(16)22-2)19-25-9-10-26-19/h3-8,11-12,19H,9-10H2,1-2H3. The first kappa shape index (κ1) is 19.3. The van der Waals surface area contributed by atoms with Crippen molar-refractivity contribution in [3.8, 4) is 17.2 Å². The molecular formula is C19H19ClO4S2. The average Bonchev–Trinajstić information content (AvgIpc) is 3.18. The zero-order valence-corrected chi connectivity index (χ0v) is 16.8. The molecule has 0 saturated carbocycles. The van der Waals surface area contributed by atoms with Crippen molar-refractivity contribution < 1.29 is 19.0 Å². The Balaban J connectivity index is 1.66. The van der Waals surface area contributed by atoms with Gasteiger partial charge in [-0.1, -0.05) is 17.7 Å². The van der Waals surface area contributed by atoms with Crippen LogP contribution in [0.3, 0.4) is 0 Å². The number of ether oxygens (including phenoxy) is 3. The summed E-state index contributed by atoms with van der Waals surface area (Å²) in [5.41, 5.74) is 1.17. The molecule has 3 rings (SSSR count). The predicted octanol–water partition coefficient (Wildman–Crippen LogP) is 5.20. The normalized spacial score (nSPS) is 15.5. The summed E-state index contributed by atoms with van der Waals surface area (Å²) in [6.45, 7) is 1.64. The lowest BCUT2D eigenvalue weighted by molar-refractivity contribution is -0.141. The molecule has 1 aliphatic rings. The van der Waals surface area contributed by atoms with Crippen LogP contribution in [0, 0.1) is 0 Å². The fourth-order valence-electron chi connectivity index (χ4n) is 2.42. The summed E-state index contributed by atoms with van der Waals surface area (Å²) < 4.78 is 16.9. The Hall–Kier alpha value is -1.50. The van der Waals surface area contributed by atoms with Gasteiger partial charge in [-0.3, -0.25) is 0 Å². The monoisotopic (exact) mass is 410 g/mol. The van der Waals surface area contributed by atoms with Gasteiger partial charge in [-0.25, -0.2) is 4.79 Å². The van der Waals surface area contributed by atoms with Crippen LogP contribution >= 0.6 is 35.1 Å². The van der Waals surface area contributed by atoms with E-state index in [-0.39, 0.29) is 0 Å². The van der Waals surface area contributed by atoms with Gasteiger partial charge in [0.15, 0.2) is 17.6 Å². The first-order valence-corrected chi connectivity index (χ1v) is 10.6. The Morgan fingerprint density at radius 3 is 2.46 bits per heavy atom. The van der Waals surface area contributed by atoms with Crippen molar-refractivity contribution in [3.63, 3.8) is 0 Å². The van der Waals surface area contributed by atoms with E-state index in [4.69, 9.17) is 25.8 Å². The van der Waals surface area contributed by atoms with Gasteiger partial charge in [0.25, 0.3) is 0 Å². The Labute approximate surface area is 166 Å². The molecule has 26 heavy (non-hydrogen) atoms. The Morgan fingerprint density at radius 2 is 1.81 bits per heavy atom. The third kappa shape index (κ3) is 4.81. The maximum atomic E-state index is 12.4. The topological polar surface area (TPSA) is 44.8 Å². The molecule has 1 saturated heterocycles. The molecule has 0 N–H and O–H groups in total. The van der Waals surface area contributed by atoms with Gasteiger partial charge in [0.05, 0.1) is 11.7 Å². The van der Waals surface area contributed by atoms with Gasteiger partial charge in [-0.15, -0.1) is 23.5 Å². The highest BCUT2D eigenvalue weighted by atomic mass is 35.5. The SMILES string of the molecule is COc1cc(C2SCCS2)ccc1OC(=O)C(C)Oc1ccc(Cl)cc1. The van der Waals surface area contributed by atoms with Crippen LogP contribution in [0.4, 0.5) is 0 Å². The van der Waals surface area contributed by atoms with E-state index in [0.29, 0.717) is 26.9 Å². The van der Waals surface area contributed by atoms with Crippen LogP contribution in [-0.2, 0) is 4.79 Å². The molecule has 0 spiro atoms. The molecule has 1 unspecified atom stereocenters. The number of thioether (sulfide) groups is 2. The van der Waals surface area contributed by atoms with Gasteiger partial charge in [0.1, 0.15) is 5.75 Å². The number of halogens is 1. The number of hydrogen-bond donors (Lipinski definition) is 0. The molecule has 0 aliphatic carbocycles. The van der Waals surface area contributed by atoms with Crippen LogP contribution in [0.25, 0.3) is 0 Å². The summed E-state index contributed by atoms with van der Waals surface area (Å²) in [6, 6.07) is 12.5. The summed E-state index contributed by atoms with van der Waals surface area (Å²) in [5.74, 6) is 3.29. The van der Waals surface area contributed by atoms with Gasteiger partial charge < -0.3 is 14.2 Å². The molecule has 1 fully saturated rings. The summed E-state index contributed by atoms with van der Waals surface area (Å²) >= 11 is 9.67. The van der Waals surface area contributed by atoms with Crippen LogP contribution in [0.15, 0.2) is 42.5 Å². The lowest BCUT2D eigenvalue weighted by Gasteiger charge is -2.16. The first-order valence-electron chi connectivity index (χ1n) is 8.12. The molecule has 0 aromatic heterocycles. The smallest absolute Gasteiger partial charge is 0.352 e.